The summed E-state index contributed by atoms with van der Waals surface area (Å²) in [5, 5.41) is 3.49. The van der Waals surface area contributed by atoms with Crippen LogP contribution in [0.25, 0.3) is 0 Å². The highest BCUT2D eigenvalue weighted by Crippen LogP contribution is 2.16. The zero-order chi connectivity index (χ0) is 14.5. The Labute approximate surface area is 123 Å². The third-order valence-corrected chi connectivity index (χ3v) is 4.12. The summed E-state index contributed by atoms with van der Waals surface area (Å²) in [6, 6.07) is 2.73. The van der Waals surface area contributed by atoms with Crippen molar-refractivity contribution < 1.29 is 4.42 Å². The summed E-state index contributed by atoms with van der Waals surface area (Å²) in [5.41, 5.74) is 1.30. The molecular weight excluding hydrogens is 250 g/mol. The molecule has 2 heterocycles. The molecule has 0 spiro atoms. The van der Waals surface area contributed by atoms with Crippen molar-refractivity contribution in [1.82, 2.24) is 15.1 Å². The Balaban J connectivity index is 1.85. The molecule has 1 aliphatic heterocycles. The van der Waals surface area contributed by atoms with Gasteiger partial charge in [-0.3, -0.25) is 4.90 Å². The van der Waals surface area contributed by atoms with Crippen LogP contribution in [0, 0.1) is 5.92 Å². The van der Waals surface area contributed by atoms with E-state index in [2.05, 4.69) is 49.0 Å². The molecule has 0 saturated carbocycles. The third kappa shape index (κ3) is 4.33. The van der Waals surface area contributed by atoms with Crippen LogP contribution >= 0.6 is 0 Å². The Hall–Kier alpha value is -0.840. The number of likely N-dealkylation sites (N-methyl/N-ethyl adjacent to an activating group) is 1. The second-order valence-corrected chi connectivity index (χ2v) is 6.46. The number of hydrogen-bond donors (Lipinski definition) is 1. The molecule has 1 unspecified atom stereocenters. The Morgan fingerprint density at radius 1 is 1.40 bits per heavy atom. The second-order valence-electron chi connectivity index (χ2n) is 6.46. The molecule has 1 fully saturated rings. The van der Waals surface area contributed by atoms with Crippen molar-refractivity contribution >= 4 is 0 Å². The standard InChI is InChI=1S/C16H29N3O/c1-13(2)9-17-10-15-5-8-20-16(15)12-19-7-6-18(4)14(3)11-19/h5,8,13-14,17H,6-7,9-12H2,1-4H3. The normalized spacial score (nSPS) is 21.8. The maximum Gasteiger partial charge on any atom is 0.122 e. The highest BCUT2D eigenvalue weighted by Gasteiger charge is 2.22. The third-order valence-electron chi connectivity index (χ3n) is 4.12. The molecule has 1 N–H and O–H groups in total. The van der Waals surface area contributed by atoms with Crippen LogP contribution in [0.2, 0.25) is 0 Å². The van der Waals surface area contributed by atoms with E-state index in [0.29, 0.717) is 12.0 Å². The van der Waals surface area contributed by atoms with Crippen LogP contribution in [0.4, 0.5) is 0 Å². The van der Waals surface area contributed by atoms with Gasteiger partial charge in [0.2, 0.25) is 0 Å². The molecule has 4 heteroatoms. The van der Waals surface area contributed by atoms with Gasteiger partial charge in [-0.15, -0.1) is 0 Å². The SMILES string of the molecule is CC(C)CNCc1ccoc1CN1CCN(C)C(C)C1. The first kappa shape index (κ1) is 15.5. The fraction of sp³-hybridized carbons (Fsp3) is 0.750. The molecule has 0 bridgehead atoms. The van der Waals surface area contributed by atoms with Crippen LogP contribution < -0.4 is 5.32 Å². The predicted octanol–water partition coefficient (Wildman–Crippen LogP) is 2.16. The van der Waals surface area contributed by atoms with Gasteiger partial charge in [0.15, 0.2) is 0 Å². The first-order valence-corrected chi connectivity index (χ1v) is 7.74. The molecule has 20 heavy (non-hydrogen) atoms. The minimum atomic E-state index is 0.626. The Kier molecular flexibility index (Phi) is 5.64. The van der Waals surface area contributed by atoms with Gasteiger partial charge in [0.25, 0.3) is 0 Å². The molecule has 0 radical (unpaired) electrons. The number of hydrogen-bond acceptors (Lipinski definition) is 4. The molecule has 0 amide bonds. The smallest absolute Gasteiger partial charge is 0.122 e. The van der Waals surface area contributed by atoms with Crippen molar-refractivity contribution in [2.24, 2.45) is 5.92 Å². The number of rotatable bonds is 6. The molecule has 4 nitrogen and oxygen atoms in total. The molecular formula is C16H29N3O. The number of piperazine rings is 1. The van der Waals surface area contributed by atoms with Crippen molar-refractivity contribution in [1.29, 1.82) is 0 Å². The van der Waals surface area contributed by atoms with Crippen molar-refractivity contribution in [3.8, 4) is 0 Å². The zero-order valence-electron chi connectivity index (χ0n) is 13.4. The topological polar surface area (TPSA) is 31.7 Å². The van der Waals surface area contributed by atoms with Crippen molar-refractivity contribution in [2.75, 3.05) is 33.2 Å². The van der Waals surface area contributed by atoms with Gasteiger partial charge < -0.3 is 14.6 Å². The summed E-state index contributed by atoms with van der Waals surface area (Å²) >= 11 is 0. The lowest BCUT2D eigenvalue weighted by Gasteiger charge is -2.37. The average Bonchev–Trinajstić information content (AvgIpc) is 2.81. The lowest BCUT2D eigenvalue weighted by molar-refractivity contribution is 0.0943. The van der Waals surface area contributed by atoms with Crippen LogP contribution in [0.3, 0.4) is 0 Å². The number of nitrogens with zero attached hydrogens (tertiary/aromatic N) is 2. The van der Waals surface area contributed by atoms with E-state index >= 15 is 0 Å². The van der Waals surface area contributed by atoms with Crippen molar-refractivity contribution in [3.05, 3.63) is 23.7 Å². The van der Waals surface area contributed by atoms with Crippen LogP contribution in [-0.4, -0.2) is 49.1 Å². The van der Waals surface area contributed by atoms with Gasteiger partial charge in [-0.2, -0.15) is 0 Å². The molecule has 2 rings (SSSR count). The van der Waals surface area contributed by atoms with Crippen LogP contribution in [-0.2, 0) is 13.1 Å². The molecule has 1 saturated heterocycles. The molecule has 1 aromatic heterocycles. The maximum absolute atomic E-state index is 5.69. The summed E-state index contributed by atoms with van der Waals surface area (Å²) in [4.78, 5) is 4.92. The number of furan rings is 1. The van der Waals surface area contributed by atoms with E-state index in [9.17, 15) is 0 Å². The summed E-state index contributed by atoms with van der Waals surface area (Å²) in [7, 11) is 2.20. The van der Waals surface area contributed by atoms with E-state index in [1.54, 1.807) is 0 Å². The van der Waals surface area contributed by atoms with Gasteiger partial charge in [-0.25, -0.2) is 0 Å². The fourth-order valence-corrected chi connectivity index (χ4v) is 2.63. The van der Waals surface area contributed by atoms with Crippen LogP contribution in [0.15, 0.2) is 16.7 Å². The second kappa shape index (κ2) is 7.25. The Morgan fingerprint density at radius 2 is 2.20 bits per heavy atom. The molecule has 0 aliphatic carbocycles. The molecule has 1 atom stereocenters. The van der Waals surface area contributed by atoms with E-state index in [-0.39, 0.29) is 0 Å². The maximum atomic E-state index is 5.69. The van der Waals surface area contributed by atoms with E-state index < -0.39 is 0 Å². The highest BCUT2D eigenvalue weighted by atomic mass is 16.3. The van der Waals surface area contributed by atoms with Gasteiger partial charge in [0.05, 0.1) is 12.8 Å². The van der Waals surface area contributed by atoms with Crippen molar-refractivity contribution in [3.63, 3.8) is 0 Å². The van der Waals surface area contributed by atoms with Gasteiger partial charge >= 0.3 is 0 Å². The Morgan fingerprint density at radius 3 is 2.90 bits per heavy atom. The average molecular weight is 279 g/mol. The summed E-state index contributed by atoms with van der Waals surface area (Å²) < 4.78 is 5.69. The first-order valence-electron chi connectivity index (χ1n) is 7.74. The fourth-order valence-electron chi connectivity index (χ4n) is 2.63. The van der Waals surface area contributed by atoms with Gasteiger partial charge in [-0.1, -0.05) is 13.8 Å². The minimum Gasteiger partial charge on any atom is -0.468 e. The highest BCUT2D eigenvalue weighted by molar-refractivity contribution is 5.17. The largest absolute Gasteiger partial charge is 0.468 e. The van der Waals surface area contributed by atoms with Crippen LogP contribution in [0.5, 0.6) is 0 Å². The van der Waals surface area contributed by atoms with E-state index in [0.717, 1.165) is 45.0 Å². The minimum absolute atomic E-state index is 0.626. The predicted molar refractivity (Wildman–Crippen MR) is 82.6 cm³/mol. The monoisotopic (exact) mass is 279 g/mol. The molecule has 1 aliphatic rings. The lowest BCUT2D eigenvalue weighted by Crippen LogP contribution is -2.49. The Bertz CT molecular complexity index is 402. The van der Waals surface area contributed by atoms with E-state index in [4.69, 9.17) is 4.42 Å². The molecule has 114 valence electrons. The summed E-state index contributed by atoms with van der Waals surface area (Å²) in [6.45, 7) is 13.0. The van der Waals surface area contributed by atoms with Gasteiger partial charge in [0, 0.05) is 37.8 Å². The van der Waals surface area contributed by atoms with E-state index in [1.807, 2.05) is 6.26 Å². The molecule has 1 aromatic rings. The number of nitrogens with one attached hydrogen (secondary N) is 1. The summed E-state index contributed by atoms with van der Waals surface area (Å²) in [6.07, 6.45) is 1.82. The summed E-state index contributed by atoms with van der Waals surface area (Å²) in [5.74, 6) is 1.81. The van der Waals surface area contributed by atoms with Gasteiger partial charge in [-0.05, 0) is 32.5 Å². The van der Waals surface area contributed by atoms with Crippen LogP contribution in [0.1, 0.15) is 32.1 Å². The quantitative estimate of drug-likeness (QED) is 0.865. The first-order chi connectivity index (χ1) is 9.56. The van der Waals surface area contributed by atoms with Gasteiger partial charge in [0.1, 0.15) is 5.76 Å². The van der Waals surface area contributed by atoms with E-state index in [1.165, 1.54) is 5.56 Å². The van der Waals surface area contributed by atoms with Crippen molar-refractivity contribution in [2.45, 2.75) is 39.9 Å². The lowest BCUT2D eigenvalue weighted by atomic mass is 10.1. The molecule has 0 aromatic carbocycles. The zero-order valence-corrected chi connectivity index (χ0v) is 13.4.